The van der Waals surface area contributed by atoms with Gasteiger partial charge in [-0.3, -0.25) is 0 Å². The standard InChI is InChI=1S/C79H79N3/c1-50-43-54(46-66-71(50)80(57-25-13-10-14-26-57)77(7)40-22-19-37-74(66,77)4)60-33-31-53-32-34-62-64(55-44-51(2)72-67(47-55)75(5)38-20-23-41-78(75,8)81(72)58-27-15-11-16-28-58)49-65(63-36-35-61(60)69(53)70(62)63)56-45-52(3)73-68(48-56)76(6)39-21-24-42-79(76,9)82(73)59-29-17-12-18-30-59/h10-18,25-36,43-49H,19-24,37-42H2,1-9H3. The first kappa shape index (κ1) is 50.4. The van der Waals surface area contributed by atoms with Crippen LogP contribution in [-0.4, -0.2) is 16.6 Å². The first-order valence-corrected chi connectivity index (χ1v) is 31.4. The van der Waals surface area contributed by atoms with E-state index in [1.54, 1.807) is 0 Å². The fourth-order valence-electron chi connectivity index (χ4n) is 19.1. The summed E-state index contributed by atoms with van der Waals surface area (Å²) in [7, 11) is 0. The molecule has 0 aromatic heterocycles. The lowest BCUT2D eigenvalue weighted by molar-refractivity contribution is 0.195. The average Bonchev–Trinajstić information content (AvgIpc) is 1.64. The van der Waals surface area contributed by atoms with Gasteiger partial charge < -0.3 is 14.7 Å². The van der Waals surface area contributed by atoms with Gasteiger partial charge >= 0.3 is 0 Å². The molecule has 0 amide bonds. The maximum Gasteiger partial charge on any atom is 0.0518 e. The van der Waals surface area contributed by atoms with Crippen LogP contribution in [0.25, 0.3) is 65.7 Å². The lowest BCUT2D eigenvalue weighted by atomic mass is 9.61. The van der Waals surface area contributed by atoms with E-state index in [0.717, 1.165) is 0 Å². The number of benzene rings is 10. The van der Waals surface area contributed by atoms with Crippen molar-refractivity contribution >= 4 is 66.4 Å². The predicted molar refractivity (Wildman–Crippen MR) is 349 cm³/mol. The van der Waals surface area contributed by atoms with E-state index in [1.807, 2.05) is 0 Å². The van der Waals surface area contributed by atoms with Gasteiger partial charge in [-0.15, -0.1) is 0 Å². The molecule has 6 unspecified atom stereocenters. The fraction of sp³-hybridized carbons (Fsp3) is 0.342. The van der Waals surface area contributed by atoms with Gasteiger partial charge in [0.2, 0.25) is 0 Å². The Morgan fingerprint density at radius 3 is 1.00 bits per heavy atom. The van der Waals surface area contributed by atoms with Crippen LogP contribution in [-0.2, 0) is 16.2 Å². The zero-order valence-electron chi connectivity index (χ0n) is 50.0. The first-order chi connectivity index (χ1) is 39.6. The minimum Gasteiger partial charge on any atom is -0.334 e. The van der Waals surface area contributed by atoms with Crippen LogP contribution in [0.4, 0.5) is 34.1 Å². The average molecular weight is 1070 g/mol. The molecular formula is C79H79N3. The van der Waals surface area contributed by atoms with Gasteiger partial charge in [0.05, 0.1) is 16.6 Å². The molecule has 3 fully saturated rings. The molecule has 10 aromatic carbocycles. The number of hydrogen-bond acceptors (Lipinski definition) is 3. The summed E-state index contributed by atoms with van der Waals surface area (Å²) in [5.74, 6) is 0. The highest BCUT2D eigenvalue weighted by Crippen LogP contribution is 2.66. The van der Waals surface area contributed by atoms with E-state index in [2.05, 4.69) is 247 Å². The maximum absolute atomic E-state index is 2.76. The highest BCUT2D eigenvalue weighted by molar-refractivity contribution is 6.30. The van der Waals surface area contributed by atoms with Crippen LogP contribution in [0.5, 0.6) is 0 Å². The van der Waals surface area contributed by atoms with Crippen molar-refractivity contribution in [3.05, 3.63) is 203 Å². The van der Waals surface area contributed by atoms with E-state index in [9.17, 15) is 0 Å². The minimum atomic E-state index is -0.0371. The number of rotatable bonds is 6. The van der Waals surface area contributed by atoms with Crippen molar-refractivity contribution in [3.8, 4) is 33.4 Å². The van der Waals surface area contributed by atoms with Gasteiger partial charge in [0.15, 0.2) is 0 Å². The Bertz CT molecular complexity index is 4120. The summed E-state index contributed by atoms with van der Waals surface area (Å²) >= 11 is 0. The van der Waals surface area contributed by atoms with Gasteiger partial charge in [-0.05, 0) is 258 Å². The summed E-state index contributed by atoms with van der Waals surface area (Å²) in [6.07, 6.45) is 14.7. The second kappa shape index (κ2) is 17.4. The van der Waals surface area contributed by atoms with Gasteiger partial charge in [-0.2, -0.15) is 0 Å². The van der Waals surface area contributed by atoms with Crippen LogP contribution in [0, 0.1) is 20.8 Å². The van der Waals surface area contributed by atoms with Crippen LogP contribution in [0.3, 0.4) is 0 Å². The number of fused-ring (bicyclic) bond motifs is 9. The largest absolute Gasteiger partial charge is 0.334 e. The van der Waals surface area contributed by atoms with Crippen molar-refractivity contribution in [1.82, 2.24) is 0 Å². The molecule has 0 saturated heterocycles. The number of anilines is 6. The monoisotopic (exact) mass is 1070 g/mol. The molecule has 0 radical (unpaired) electrons. The first-order valence-electron chi connectivity index (χ1n) is 31.4. The second-order valence-electron chi connectivity index (χ2n) is 27.9. The fourth-order valence-corrected chi connectivity index (χ4v) is 19.1. The molecule has 0 bridgehead atoms. The van der Waals surface area contributed by atoms with E-state index in [1.165, 1.54) is 210 Å². The third-order valence-electron chi connectivity index (χ3n) is 23.9. The normalized spacial score (nSPS) is 27.2. The molecule has 3 aliphatic carbocycles. The molecule has 0 spiro atoms. The zero-order chi connectivity index (χ0) is 55.9. The van der Waals surface area contributed by atoms with Gasteiger partial charge in [0, 0.05) is 50.4 Å². The molecule has 410 valence electrons. The highest BCUT2D eigenvalue weighted by atomic mass is 15.3. The number of nitrogens with zero attached hydrogens (tertiary/aromatic N) is 3. The van der Waals surface area contributed by atoms with E-state index in [0.29, 0.717) is 0 Å². The third-order valence-corrected chi connectivity index (χ3v) is 23.9. The van der Waals surface area contributed by atoms with E-state index >= 15 is 0 Å². The van der Waals surface area contributed by atoms with E-state index in [4.69, 9.17) is 0 Å². The molecule has 3 nitrogen and oxygen atoms in total. The van der Waals surface area contributed by atoms with Gasteiger partial charge in [0.1, 0.15) is 0 Å². The summed E-state index contributed by atoms with van der Waals surface area (Å²) in [4.78, 5) is 8.27. The second-order valence-corrected chi connectivity index (χ2v) is 27.9. The molecule has 3 heteroatoms. The smallest absolute Gasteiger partial charge is 0.0518 e. The van der Waals surface area contributed by atoms with E-state index < -0.39 is 0 Å². The molecule has 82 heavy (non-hydrogen) atoms. The van der Waals surface area contributed by atoms with Crippen LogP contribution < -0.4 is 14.7 Å². The van der Waals surface area contributed by atoms with E-state index in [-0.39, 0.29) is 32.9 Å². The Morgan fingerprint density at radius 2 is 0.622 bits per heavy atom. The van der Waals surface area contributed by atoms with Gasteiger partial charge in [-0.25, -0.2) is 0 Å². The molecule has 10 aromatic rings. The van der Waals surface area contributed by atoms with Crippen LogP contribution >= 0.6 is 0 Å². The summed E-state index contributed by atoms with van der Waals surface area (Å²) in [5, 5.41) is 8.11. The minimum absolute atomic E-state index is 0.0131. The van der Waals surface area contributed by atoms with Gasteiger partial charge in [-0.1, -0.05) is 150 Å². The Morgan fingerprint density at radius 1 is 0.305 bits per heavy atom. The lowest BCUT2D eigenvalue weighted by Crippen LogP contribution is -2.54. The molecule has 6 atom stereocenters. The Kier molecular flexibility index (Phi) is 10.7. The third kappa shape index (κ3) is 6.38. The number of para-hydroxylation sites is 3. The summed E-state index contributed by atoms with van der Waals surface area (Å²) in [5.41, 5.74) is 24.7. The summed E-state index contributed by atoms with van der Waals surface area (Å²) in [6, 6.07) is 67.0. The summed E-state index contributed by atoms with van der Waals surface area (Å²) < 4.78 is 0. The van der Waals surface area contributed by atoms with Crippen molar-refractivity contribution in [2.24, 2.45) is 0 Å². The molecule has 3 aliphatic heterocycles. The van der Waals surface area contributed by atoms with Gasteiger partial charge in [0.25, 0.3) is 0 Å². The Hall–Kier alpha value is -7.36. The maximum atomic E-state index is 2.76. The van der Waals surface area contributed by atoms with Crippen LogP contribution in [0.15, 0.2) is 170 Å². The molecule has 0 N–H and O–H groups in total. The SMILES string of the molecule is Cc1cc(-c2ccc3ccc4c(-c5cc(C)c6c(c5)C5(C)CCCCC5(C)N6c5ccccc5)cc(-c5cc(C)c6c(c5)C5(C)CCCCC5(C)N6c5ccccc5)c5ccc2c3c45)cc2c1N(c1ccccc1)C1(C)CCCCC21C. The topological polar surface area (TPSA) is 9.72 Å². The quantitative estimate of drug-likeness (QED) is 0.154. The number of aryl methyl sites for hydroxylation is 3. The molecule has 16 rings (SSSR count). The molecule has 3 saturated carbocycles. The Labute approximate surface area is 487 Å². The lowest BCUT2D eigenvalue weighted by Gasteiger charge is -2.50. The van der Waals surface area contributed by atoms with Crippen LogP contribution in [0.1, 0.15) is 152 Å². The molecule has 3 heterocycles. The number of hydrogen-bond donors (Lipinski definition) is 0. The van der Waals surface area contributed by atoms with Crippen molar-refractivity contribution in [1.29, 1.82) is 0 Å². The molecular weight excluding hydrogens is 991 g/mol. The summed E-state index contributed by atoms with van der Waals surface area (Å²) in [6.45, 7) is 22.7. The van der Waals surface area contributed by atoms with Crippen molar-refractivity contribution < 1.29 is 0 Å². The van der Waals surface area contributed by atoms with Crippen molar-refractivity contribution in [2.45, 2.75) is 172 Å². The van der Waals surface area contributed by atoms with Crippen LogP contribution in [0.2, 0.25) is 0 Å². The molecule has 6 aliphatic rings. The van der Waals surface area contributed by atoms with Crippen molar-refractivity contribution in [2.75, 3.05) is 14.7 Å². The highest BCUT2D eigenvalue weighted by Gasteiger charge is 2.61. The zero-order valence-corrected chi connectivity index (χ0v) is 50.0. The van der Waals surface area contributed by atoms with Crippen molar-refractivity contribution in [3.63, 3.8) is 0 Å². The predicted octanol–water partition coefficient (Wildman–Crippen LogP) is 21.7. The Balaban J connectivity index is 0.957.